The van der Waals surface area contributed by atoms with Crippen molar-refractivity contribution in [1.29, 1.82) is 0 Å². The molecule has 0 aliphatic carbocycles. The van der Waals surface area contributed by atoms with Gasteiger partial charge in [-0.25, -0.2) is 8.78 Å². The quantitative estimate of drug-likeness (QED) is 0.770. The third kappa shape index (κ3) is 3.52. The molecule has 6 nitrogen and oxygen atoms in total. The summed E-state index contributed by atoms with van der Waals surface area (Å²) in [6, 6.07) is 12.4. The number of aromatic nitrogens is 4. The highest BCUT2D eigenvalue weighted by Gasteiger charge is 2.15. The molecule has 1 aromatic heterocycles. The molecule has 0 atom stereocenters. The summed E-state index contributed by atoms with van der Waals surface area (Å²) in [4.78, 5) is 12.4. The number of carbonyl (C=O) groups is 1. The van der Waals surface area contributed by atoms with Crippen LogP contribution >= 0.6 is 0 Å². The van der Waals surface area contributed by atoms with E-state index in [1.165, 1.54) is 28.9 Å². The first kappa shape index (κ1) is 16.7. The van der Waals surface area contributed by atoms with Crippen molar-refractivity contribution >= 4 is 11.6 Å². The summed E-state index contributed by atoms with van der Waals surface area (Å²) in [7, 11) is 0. The molecular weight excluding hydrogens is 328 g/mol. The second-order valence-electron chi connectivity index (χ2n) is 5.26. The van der Waals surface area contributed by atoms with Crippen LogP contribution in [0.15, 0.2) is 48.5 Å². The van der Waals surface area contributed by atoms with Gasteiger partial charge in [0.1, 0.15) is 0 Å². The molecule has 0 aliphatic rings. The van der Waals surface area contributed by atoms with Crippen molar-refractivity contribution in [3.63, 3.8) is 0 Å². The molecule has 0 saturated carbocycles. The fourth-order valence-corrected chi connectivity index (χ4v) is 2.39. The van der Waals surface area contributed by atoms with E-state index in [-0.39, 0.29) is 11.1 Å². The zero-order valence-electron chi connectivity index (χ0n) is 13.4. The van der Waals surface area contributed by atoms with E-state index in [9.17, 15) is 13.6 Å². The number of anilines is 1. The molecule has 1 heterocycles. The van der Waals surface area contributed by atoms with Crippen molar-refractivity contribution in [2.75, 3.05) is 5.32 Å². The van der Waals surface area contributed by atoms with Gasteiger partial charge in [0, 0.05) is 17.5 Å². The molecule has 2 aromatic carbocycles. The summed E-state index contributed by atoms with van der Waals surface area (Å²) >= 11 is 0. The maximum Gasteiger partial charge on any atom is 0.263 e. The first-order valence-corrected chi connectivity index (χ1v) is 7.66. The molecule has 8 heteroatoms. The van der Waals surface area contributed by atoms with Crippen LogP contribution in [0.2, 0.25) is 0 Å². The van der Waals surface area contributed by atoms with Gasteiger partial charge in [0.05, 0.1) is 11.4 Å². The zero-order valence-corrected chi connectivity index (χ0v) is 13.4. The van der Waals surface area contributed by atoms with Crippen LogP contribution in [0.25, 0.3) is 5.69 Å². The summed E-state index contributed by atoms with van der Waals surface area (Å²) in [6.45, 7) is 1.92. The standard InChI is InChI=1S/C17H15F2N5O/c1-2-15-21-22-23-24(15)14-9-4-3-8-13(14)20-17(25)12-7-5-6-11(10-12)16(18)19/h3-10,16H,2H2,1H3,(H,20,25). The fourth-order valence-electron chi connectivity index (χ4n) is 2.39. The molecule has 0 saturated heterocycles. The number of nitrogens with zero attached hydrogens (tertiary/aromatic N) is 4. The number of benzene rings is 2. The van der Waals surface area contributed by atoms with Crippen LogP contribution in [0.1, 0.15) is 35.1 Å². The molecule has 128 valence electrons. The summed E-state index contributed by atoms with van der Waals surface area (Å²) in [5, 5.41) is 14.2. The van der Waals surface area contributed by atoms with Gasteiger partial charge in [-0.3, -0.25) is 4.79 Å². The number of nitrogens with one attached hydrogen (secondary N) is 1. The average Bonchev–Trinajstić information content (AvgIpc) is 3.10. The average molecular weight is 343 g/mol. The van der Waals surface area contributed by atoms with Crippen molar-refractivity contribution in [2.45, 2.75) is 19.8 Å². The largest absolute Gasteiger partial charge is 0.320 e. The second-order valence-corrected chi connectivity index (χ2v) is 5.26. The SMILES string of the molecule is CCc1nnnn1-c1ccccc1NC(=O)c1cccc(C(F)F)c1. The molecule has 3 rings (SSSR count). The Morgan fingerprint density at radius 1 is 1.20 bits per heavy atom. The van der Waals surface area contributed by atoms with Gasteiger partial charge in [-0.15, -0.1) is 5.10 Å². The lowest BCUT2D eigenvalue weighted by Gasteiger charge is -2.12. The van der Waals surface area contributed by atoms with Gasteiger partial charge >= 0.3 is 0 Å². The van der Waals surface area contributed by atoms with E-state index in [0.29, 0.717) is 23.6 Å². The molecule has 0 radical (unpaired) electrons. The van der Waals surface area contributed by atoms with Crippen LogP contribution in [-0.4, -0.2) is 26.1 Å². The number of amides is 1. The number of para-hydroxylation sites is 2. The molecule has 0 bridgehead atoms. The molecule has 0 spiro atoms. The molecule has 3 aromatic rings. The minimum absolute atomic E-state index is 0.153. The Morgan fingerprint density at radius 3 is 2.76 bits per heavy atom. The molecule has 0 fully saturated rings. The maximum atomic E-state index is 12.8. The van der Waals surface area contributed by atoms with E-state index in [1.807, 2.05) is 6.92 Å². The Balaban J connectivity index is 1.91. The third-order valence-electron chi connectivity index (χ3n) is 3.63. The number of hydrogen-bond donors (Lipinski definition) is 1. The number of hydrogen-bond acceptors (Lipinski definition) is 4. The minimum Gasteiger partial charge on any atom is -0.320 e. The van der Waals surface area contributed by atoms with Crippen molar-refractivity contribution in [3.8, 4) is 5.69 Å². The van der Waals surface area contributed by atoms with Gasteiger partial charge in [-0.2, -0.15) is 4.68 Å². The van der Waals surface area contributed by atoms with Gasteiger partial charge in [0.2, 0.25) is 0 Å². The first-order valence-electron chi connectivity index (χ1n) is 7.66. The van der Waals surface area contributed by atoms with Crippen molar-refractivity contribution in [3.05, 3.63) is 65.5 Å². The predicted octanol–water partition coefficient (Wildman–Crippen LogP) is 3.41. The van der Waals surface area contributed by atoms with Crippen molar-refractivity contribution < 1.29 is 13.6 Å². The van der Waals surface area contributed by atoms with Gasteiger partial charge in [0.25, 0.3) is 12.3 Å². The lowest BCUT2D eigenvalue weighted by molar-refractivity contribution is 0.102. The van der Waals surface area contributed by atoms with E-state index < -0.39 is 12.3 Å². The van der Waals surface area contributed by atoms with Crippen LogP contribution in [-0.2, 0) is 6.42 Å². The predicted molar refractivity (Wildman–Crippen MR) is 87.9 cm³/mol. The Labute approximate surface area is 142 Å². The first-order chi connectivity index (χ1) is 12.1. The zero-order chi connectivity index (χ0) is 17.8. The third-order valence-corrected chi connectivity index (χ3v) is 3.63. The van der Waals surface area contributed by atoms with Crippen molar-refractivity contribution in [2.24, 2.45) is 0 Å². The Morgan fingerprint density at radius 2 is 2.00 bits per heavy atom. The van der Waals surface area contributed by atoms with E-state index in [0.717, 1.165) is 0 Å². The Kier molecular flexibility index (Phi) is 4.78. The molecule has 1 amide bonds. The molecule has 25 heavy (non-hydrogen) atoms. The summed E-state index contributed by atoms with van der Waals surface area (Å²) in [6.07, 6.45) is -2.01. The monoisotopic (exact) mass is 343 g/mol. The number of alkyl halides is 2. The highest BCUT2D eigenvalue weighted by Crippen LogP contribution is 2.23. The van der Waals surface area contributed by atoms with Gasteiger partial charge in [0.15, 0.2) is 5.82 Å². The number of tetrazole rings is 1. The van der Waals surface area contributed by atoms with E-state index in [2.05, 4.69) is 20.8 Å². The highest BCUT2D eigenvalue weighted by atomic mass is 19.3. The van der Waals surface area contributed by atoms with Gasteiger partial charge in [-0.1, -0.05) is 31.2 Å². The van der Waals surface area contributed by atoms with Crippen LogP contribution in [0.3, 0.4) is 0 Å². The maximum absolute atomic E-state index is 12.8. The number of aryl methyl sites for hydroxylation is 1. The summed E-state index contributed by atoms with van der Waals surface area (Å²) in [5.41, 5.74) is 1.04. The van der Waals surface area contributed by atoms with Gasteiger partial charge in [-0.05, 0) is 34.7 Å². The molecule has 0 unspecified atom stereocenters. The molecule has 0 aliphatic heterocycles. The Hall–Kier alpha value is -3.16. The van der Waals surface area contributed by atoms with Crippen LogP contribution in [0, 0.1) is 0 Å². The molecule has 1 N–H and O–H groups in total. The smallest absolute Gasteiger partial charge is 0.263 e. The summed E-state index contributed by atoms with van der Waals surface area (Å²) < 4.78 is 27.2. The van der Waals surface area contributed by atoms with Crippen LogP contribution in [0.4, 0.5) is 14.5 Å². The number of rotatable bonds is 5. The Bertz CT molecular complexity index is 894. The van der Waals surface area contributed by atoms with Crippen molar-refractivity contribution in [1.82, 2.24) is 20.2 Å². The minimum atomic E-state index is -2.63. The van der Waals surface area contributed by atoms with Crippen LogP contribution in [0.5, 0.6) is 0 Å². The fraction of sp³-hybridized carbons (Fsp3) is 0.176. The highest BCUT2D eigenvalue weighted by molar-refractivity contribution is 6.05. The second kappa shape index (κ2) is 7.16. The lowest BCUT2D eigenvalue weighted by Crippen LogP contribution is -2.15. The van der Waals surface area contributed by atoms with E-state index in [1.54, 1.807) is 24.3 Å². The number of halogens is 2. The summed E-state index contributed by atoms with van der Waals surface area (Å²) in [5.74, 6) is 0.155. The van der Waals surface area contributed by atoms with E-state index in [4.69, 9.17) is 0 Å². The normalized spacial score (nSPS) is 10.9. The van der Waals surface area contributed by atoms with E-state index >= 15 is 0 Å². The van der Waals surface area contributed by atoms with Gasteiger partial charge < -0.3 is 5.32 Å². The number of carbonyl (C=O) groups excluding carboxylic acids is 1. The lowest BCUT2D eigenvalue weighted by atomic mass is 10.1. The van der Waals surface area contributed by atoms with Crippen LogP contribution < -0.4 is 5.32 Å². The topological polar surface area (TPSA) is 72.7 Å². The molecular formula is C17H15F2N5O.